The maximum absolute atomic E-state index is 14.8. The lowest BCUT2D eigenvalue weighted by Gasteiger charge is -2.20. The molecule has 0 bridgehead atoms. The first-order valence-corrected chi connectivity index (χ1v) is 11.8. The number of hydrogen-bond donors (Lipinski definition) is 0. The lowest BCUT2D eigenvalue weighted by Crippen LogP contribution is -2.23. The monoisotopic (exact) mass is 542 g/mol. The molecule has 2 unspecified atom stereocenters. The predicted molar refractivity (Wildman–Crippen MR) is 135 cm³/mol. The zero-order valence-corrected chi connectivity index (χ0v) is 20.3. The summed E-state index contributed by atoms with van der Waals surface area (Å²) in [6.07, 6.45) is -4.21. The molecule has 3 aromatic carbocycles. The van der Waals surface area contributed by atoms with Crippen LogP contribution in [0.4, 0.5) is 30.7 Å². The molecule has 39 heavy (non-hydrogen) atoms. The van der Waals surface area contributed by atoms with Gasteiger partial charge in [-0.15, -0.1) is 6.58 Å². The minimum atomic E-state index is -4.19. The van der Waals surface area contributed by atoms with Crippen LogP contribution in [0.1, 0.15) is 34.2 Å². The number of benzene rings is 3. The Morgan fingerprint density at radius 1 is 0.872 bits per heavy atom. The molecule has 0 heterocycles. The van der Waals surface area contributed by atoms with Crippen molar-refractivity contribution in [3.8, 4) is 17.6 Å². The van der Waals surface area contributed by atoms with Gasteiger partial charge in [-0.2, -0.15) is 8.78 Å². The van der Waals surface area contributed by atoms with Crippen LogP contribution in [0.15, 0.2) is 91.3 Å². The number of allylic oxidation sites excluding steroid dienone is 5. The van der Waals surface area contributed by atoms with E-state index in [1.54, 1.807) is 12.1 Å². The van der Waals surface area contributed by atoms with E-state index in [4.69, 9.17) is 0 Å². The van der Waals surface area contributed by atoms with Crippen LogP contribution >= 0.6 is 0 Å². The average molecular weight is 542 g/mol. The van der Waals surface area contributed by atoms with E-state index >= 15 is 0 Å². The van der Waals surface area contributed by atoms with Crippen molar-refractivity contribution < 1.29 is 35.5 Å². The Labute approximate surface area is 220 Å². The lowest BCUT2D eigenvalue weighted by molar-refractivity contribution is -0.187. The molecule has 1 aliphatic carbocycles. The van der Waals surface area contributed by atoms with Gasteiger partial charge in [0, 0.05) is 22.8 Å². The number of rotatable bonds is 7. The third kappa shape index (κ3) is 6.61. The van der Waals surface area contributed by atoms with Crippen molar-refractivity contribution in [1.82, 2.24) is 0 Å². The zero-order chi connectivity index (χ0) is 28.2. The highest BCUT2D eigenvalue weighted by Gasteiger charge is 2.38. The van der Waals surface area contributed by atoms with Crippen molar-refractivity contribution >= 4 is 5.57 Å². The van der Waals surface area contributed by atoms with Crippen LogP contribution in [-0.2, 0) is 12.5 Å². The fourth-order valence-electron chi connectivity index (χ4n) is 3.85. The van der Waals surface area contributed by atoms with Crippen LogP contribution < -0.4 is 4.74 Å². The molecule has 4 rings (SSSR count). The average Bonchev–Trinajstić information content (AvgIpc) is 2.89. The molecule has 0 radical (unpaired) electrons. The summed E-state index contributed by atoms with van der Waals surface area (Å²) in [6, 6.07) is 12.7. The third-order valence-electron chi connectivity index (χ3n) is 5.90. The van der Waals surface area contributed by atoms with E-state index in [0.29, 0.717) is 23.8 Å². The zero-order valence-electron chi connectivity index (χ0n) is 20.3. The molecule has 2 atom stereocenters. The molecule has 3 aromatic rings. The number of hydrogen-bond acceptors (Lipinski definition) is 1. The number of aryl methyl sites for hydroxylation is 1. The second kappa shape index (κ2) is 11.6. The highest BCUT2D eigenvalue weighted by molar-refractivity contribution is 5.77. The van der Waals surface area contributed by atoms with Crippen molar-refractivity contribution in [3.05, 3.63) is 131 Å². The summed E-state index contributed by atoms with van der Waals surface area (Å²) in [5.74, 6) is 1.04. The van der Waals surface area contributed by atoms with Crippen LogP contribution in [0.25, 0.3) is 5.57 Å². The van der Waals surface area contributed by atoms with E-state index in [1.807, 2.05) is 18.2 Å². The molecule has 8 heteroatoms. The third-order valence-corrected chi connectivity index (χ3v) is 5.90. The number of halogens is 7. The Hall–Kier alpha value is -4.25. The first-order valence-electron chi connectivity index (χ1n) is 11.8. The standard InChI is InChI=1S/C31H21F7O/c1-2-3-4-19-5-7-20(8-6-19)9-10-21-11-14-25(27(33)15-21)31(37,38)39-23-12-13-24(26(32)18-23)22-16-28(34)30(36)29(35)17-22/h2,5-8,11-18,28,30H,1,3-4H2. The molecule has 0 aliphatic heterocycles. The normalized spacial score (nSPS) is 17.0. The number of alkyl halides is 4. The van der Waals surface area contributed by atoms with E-state index in [2.05, 4.69) is 23.2 Å². The van der Waals surface area contributed by atoms with Crippen molar-refractivity contribution in [1.29, 1.82) is 0 Å². The Morgan fingerprint density at radius 2 is 1.56 bits per heavy atom. The predicted octanol–water partition coefficient (Wildman–Crippen LogP) is 8.54. The van der Waals surface area contributed by atoms with Crippen LogP contribution in [0, 0.1) is 23.5 Å². The summed E-state index contributed by atoms with van der Waals surface area (Å²) in [4.78, 5) is 0. The second-order valence-corrected chi connectivity index (χ2v) is 8.73. The molecule has 0 saturated carbocycles. The SMILES string of the molecule is C=CCCc1ccc(C#Cc2ccc(C(F)(F)Oc3ccc(C4=CC(F)C(F)C(F)=C4)c(F)c3)c(F)c2)cc1. The Kier molecular flexibility index (Phi) is 8.29. The van der Waals surface area contributed by atoms with Crippen LogP contribution in [0.5, 0.6) is 5.75 Å². The van der Waals surface area contributed by atoms with Crippen LogP contribution in [0.3, 0.4) is 0 Å². The van der Waals surface area contributed by atoms with Gasteiger partial charge < -0.3 is 4.74 Å². The molecule has 0 saturated heterocycles. The van der Waals surface area contributed by atoms with E-state index in [0.717, 1.165) is 42.7 Å². The van der Waals surface area contributed by atoms with Gasteiger partial charge in [-0.1, -0.05) is 30.0 Å². The lowest BCUT2D eigenvalue weighted by atomic mass is 9.96. The first-order chi connectivity index (χ1) is 18.6. The smallest absolute Gasteiger partial charge is 0.429 e. The quantitative estimate of drug-likeness (QED) is 0.165. The van der Waals surface area contributed by atoms with Gasteiger partial charge in [0.2, 0.25) is 0 Å². The van der Waals surface area contributed by atoms with E-state index in [9.17, 15) is 30.7 Å². The fourth-order valence-corrected chi connectivity index (χ4v) is 3.85. The summed E-state index contributed by atoms with van der Waals surface area (Å²) >= 11 is 0. The fraction of sp³-hybridized carbons (Fsp3) is 0.161. The molecule has 1 aliphatic rings. The van der Waals surface area contributed by atoms with Gasteiger partial charge in [-0.3, -0.25) is 0 Å². The summed E-state index contributed by atoms with van der Waals surface area (Å²) in [5, 5.41) is 0. The van der Waals surface area contributed by atoms with Gasteiger partial charge in [0.05, 0.1) is 0 Å². The van der Waals surface area contributed by atoms with Gasteiger partial charge in [-0.05, 0) is 78.6 Å². The minimum absolute atomic E-state index is 0.154. The molecule has 200 valence electrons. The second-order valence-electron chi connectivity index (χ2n) is 8.73. The Morgan fingerprint density at radius 3 is 2.21 bits per heavy atom. The molecule has 0 N–H and O–H groups in total. The topological polar surface area (TPSA) is 9.23 Å². The van der Waals surface area contributed by atoms with Crippen LogP contribution in [0.2, 0.25) is 0 Å². The highest BCUT2D eigenvalue weighted by atomic mass is 19.3. The highest BCUT2D eigenvalue weighted by Crippen LogP contribution is 2.36. The molecular weight excluding hydrogens is 521 g/mol. The van der Waals surface area contributed by atoms with Gasteiger partial charge >= 0.3 is 6.11 Å². The van der Waals surface area contributed by atoms with E-state index in [-0.39, 0.29) is 16.7 Å². The Balaban J connectivity index is 1.48. The van der Waals surface area contributed by atoms with E-state index < -0.39 is 47.2 Å². The Bertz CT molecular complexity index is 1490. The first kappa shape index (κ1) is 27.8. The van der Waals surface area contributed by atoms with Gasteiger partial charge in [0.25, 0.3) is 0 Å². The van der Waals surface area contributed by atoms with Crippen molar-refractivity contribution in [2.75, 3.05) is 0 Å². The summed E-state index contributed by atoms with van der Waals surface area (Å²) in [7, 11) is 0. The maximum atomic E-state index is 14.8. The molecular formula is C31H21F7O. The minimum Gasteiger partial charge on any atom is -0.429 e. The van der Waals surface area contributed by atoms with Gasteiger partial charge in [-0.25, -0.2) is 22.0 Å². The molecule has 0 fully saturated rings. The molecule has 0 amide bonds. The van der Waals surface area contributed by atoms with Gasteiger partial charge in [0.15, 0.2) is 12.3 Å². The maximum Gasteiger partial charge on any atom is 0.429 e. The van der Waals surface area contributed by atoms with Crippen LogP contribution in [-0.4, -0.2) is 12.3 Å². The summed E-state index contributed by atoms with van der Waals surface area (Å²) < 4.78 is 104. The van der Waals surface area contributed by atoms with Crippen molar-refractivity contribution in [3.63, 3.8) is 0 Å². The number of ether oxygens (including phenoxy) is 1. The summed E-state index contributed by atoms with van der Waals surface area (Å²) in [5.41, 5.74) is 0.175. The molecule has 1 nitrogen and oxygen atoms in total. The van der Waals surface area contributed by atoms with Gasteiger partial charge in [0.1, 0.15) is 28.8 Å². The van der Waals surface area contributed by atoms with Crippen molar-refractivity contribution in [2.45, 2.75) is 31.3 Å². The molecule has 0 spiro atoms. The van der Waals surface area contributed by atoms with Crippen molar-refractivity contribution in [2.24, 2.45) is 0 Å². The largest absolute Gasteiger partial charge is 0.429 e. The summed E-state index contributed by atoms with van der Waals surface area (Å²) in [6.45, 7) is 3.68. The van der Waals surface area contributed by atoms with E-state index in [1.165, 1.54) is 6.07 Å². The molecule has 0 aromatic heterocycles.